The number of halogens is 1. The van der Waals surface area contributed by atoms with E-state index in [4.69, 9.17) is 0 Å². The Morgan fingerprint density at radius 2 is 2.00 bits per heavy atom. The lowest BCUT2D eigenvalue weighted by Gasteiger charge is -2.18. The summed E-state index contributed by atoms with van der Waals surface area (Å²) in [5.74, 6) is -0.402. The first-order valence-electron chi connectivity index (χ1n) is 6.37. The van der Waals surface area contributed by atoms with Crippen molar-refractivity contribution >= 4 is 21.4 Å². The quantitative estimate of drug-likeness (QED) is 0.886. The van der Waals surface area contributed by atoms with Gasteiger partial charge in [0.25, 0.3) is 0 Å². The van der Waals surface area contributed by atoms with Crippen molar-refractivity contribution in [3.63, 3.8) is 0 Å². The van der Waals surface area contributed by atoms with E-state index >= 15 is 0 Å². The topological polar surface area (TPSA) is 49.4 Å². The second-order valence-corrected chi connectivity index (χ2v) is 7.60. The predicted molar refractivity (Wildman–Crippen MR) is 82.1 cm³/mol. The molecule has 7 heteroatoms. The molecule has 0 amide bonds. The van der Waals surface area contributed by atoms with Gasteiger partial charge < -0.3 is 5.32 Å². The number of hydrogen-bond acceptors (Lipinski definition) is 4. The monoisotopic (exact) mass is 328 g/mol. The SMILES string of the molecule is CNCc1sccc1S(=O)(=O)N(C)Cc1ccccc1F. The van der Waals surface area contributed by atoms with Gasteiger partial charge in [-0.05, 0) is 24.6 Å². The number of hydrogen-bond donors (Lipinski definition) is 1. The summed E-state index contributed by atoms with van der Waals surface area (Å²) >= 11 is 1.39. The lowest BCUT2D eigenvalue weighted by Crippen LogP contribution is -2.27. The van der Waals surface area contributed by atoms with Gasteiger partial charge in [-0.2, -0.15) is 4.31 Å². The lowest BCUT2D eigenvalue weighted by molar-refractivity contribution is 0.456. The third-order valence-corrected chi connectivity index (χ3v) is 6.02. The molecule has 1 aromatic heterocycles. The van der Waals surface area contributed by atoms with Crippen LogP contribution in [0, 0.1) is 5.82 Å². The van der Waals surface area contributed by atoms with Crippen LogP contribution in [0.3, 0.4) is 0 Å². The Morgan fingerprint density at radius 1 is 1.29 bits per heavy atom. The molecule has 1 heterocycles. The molecule has 1 aromatic carbocycles. The molecule has 0 aliphatic carbocycles. The molecule has 0 aliphatic rings. The molecule has 0 spiro atoms. The van der Waals surface area contributed by atoms with Crippen LogP contribution in [0.5, 0.6) is 0 Å². The summed E-state index contributed by atoms with van der Waals surface area (Å²) in [5, 5.41) is 4.69. The molecule has 0 saturated carbocycles. The van der Waals surface area contributed by atoms with Crippen molar-refractivity contribution in [2.45, 2.75) is 18.0 Å². The molecule has 0 radical (unpaired) electrons. The van der Waals surface area contributed by atoms with Crippen LogP contribution in [0.4, 0.5) is 4.39 Å². The third-order valence-electron chi connectivity index (χ3n) is 3.08. The zero-order valence-electron chi connectivity index (χ0n) is 11.8. The molecule has 0 unspecified atom stereocenters. The summed E-state index contributed by atoms with van der Waals surface area (Å²) in [4.78, 5) is 1.03. The number of nitrogens with zero attached hydrogens (tertiary/aromatic N) is 1. The minimum absolute atomic E-state index is 0.00382. The van der Waals surface area contributed by atoms with Crippen LogP contribution in [-0.4, -0.2) is 26.8 Å². The van der Waals surface area contributed by atoms with Gasteiger partial charge in [-0.1, -0.05) is 18.2 Å². The minimum Gasteiger partial charge on any atom is -0.315 e. The van der Waals surface area contributed by atoms with E-state index in [1.807, 2.05) is 0 Å². The van der Waals surface area contributed by atoms with E-state index in [9.17, 15) is 12.8 Å². The first kappa shape index (κ1) is 16.1. The molecule has 0 aliphatic heterocycles. The van der Waals surface area contributed by atoms with Gasteiger partial charge in [0.05, 0.1) is 4.90 Å². The van der Waals surface area contributed by atoms with Gasteiger partial charge in [0.1, 0.15) is 5.82 Å². The Morgan fingerprint density at radius 3 is 2.67 bits per heavy atom. The van der Waals surface area contributed by atoms with Crippen LogP contribution < -0.4 is 5.32 Å². The molecule has 0 saturated heterocycles. The smallest absolute Gasteiger partial charge is 0.244 e. The Balaban J connectivity index is 2.27. The van der Waals surface area contributed by atoms with E-state index in [-0.39, 0.29) is 11.4 Å². The van der Waals surface area contributed by atoms with Crippen LogP contribution in [0.15, 0.2) is 40.6 Å². The summed E-state index contributed by atoms with van der Waals surface area (Å²) in [5.41, 5.74) is 0.356. The van der Waals surface area contributed by atoms with Crippen molar-refractivity contribution in [1.82, 2.24) is 9.62 Å². The van der Waals surface area contributed by atoms with Crippen molar-refractivity contribution in [2.75, 3.05) is 14.1 Å². The standard InChI is InChI=1S/C14H17FN2O2S2/c1-16-9-13-14(7-8-20-13)21(18,19)17(2)10-11-5-3-4-6-12(11)15/h3-8,16H,9-10H2,1-2H3. The highest BCUT2D eigenvalue weighted by Crippen LogP contribution is 2.25. The maximum atomic E-state index is 13.7. The van der Waals surface area contributed by atoms with Crippen molar-refractivity contribution in [3.05, 3.63) is 52.0 Å². The van der Waals surface area contributed by atoms with Crippen LogP contribution in [-0.2, 0) is 23.1 Å². The first-order chi connectivity index (χ1) is 9.96. The Hall–Kier alpha value is -1.28. The van der Waals surface area contributed by atoms with Crippen LogP contribution in [0.1, 0.15) is 10.4 Å². The molecule has 0 fully saturated rings. The average Bonchev–Trinajstić information content (AvgIpc) is 2.90. The summed E-state index contributed by atoms with van der Waals surface area (Å²) in [6, 6.07) is 7.77. The fourth-order valence-corrected chi connectivity index (χ4v) is 4.54. The number of thiophene rings is 1. The van der Waals surface area contributed by atoms with Crippen molar-refractivity contribution in [3.8, 4) is 0 Å². The van der Waals surface area contributed by atoms with Gasteiger partial charge in [-0.15, -0.1) is 11.3 Å². The van der Waals surface area contributed by atoms with Crippen molar-refractivity contribution < 1.29 is 12.8 Å². The lowest BCUT2D eigenvalue weighted by atomic mass is 10.2. The number of nitrogens with one attached hydrogen (secondary N) is 1. The van der Waals surface area contributed by atoms with E-state index in [0.29, 0.717) is 12.1 Å². The molecule has 1 N–H and O–H groups in total. The summed E-state index contributed by atoms with van der Waals surface area (Å²) in [6.45, 7) is 0.490. The molecule has 0 bridgehead atoms. The van der Waals surface area contributed by atoms with Gasteiger partial charge in [0, 0.05) is 30.6 Å². The maximum absolute atomic E-state index is 13.7. The molecule has 114 valence electrons. The summed E-state index contributed by atoms with van der Waals surface area (Å²) in [7, 11) is -0.402. The largest absolute Gasteiger partial charge is 0.315 e. The normalized spacial score (nSPS) is 12.0. The van der Waals surface area contributed by atoms with Crippen molar-refractivity contribution in [2.24, 2.45) is 0 Å². The minimum atomic E-state index is -3.63. The predicted octanol–water partition coefficient (Wildman–Crippen LogP) is 2.43. The van der Waals surface area contributed by atoms with E-state index in [1.165, 1.54) is 28.8 Å². The van der Waals surface area contributed by atoms with E-state index in [1.54, 1.807) is 36.7 Å². The second kappa shape index (κ2) is 6.65. The number of benzene rings is 1. The molecule has 2 rings (SSSR count). The number of sulfonamides is 1. The average molecular weight is 328 g/mol. The van der Waals surface area contributed by atoms with Gasteiger partial charge in [0.15, 0.2) is 0 Å². The van der Waals surface area contributed by atoms with E-state index < -0.39 is 15.8 Å². The third kappa shape index (κ3) is 3.49. The molecular weight excluding hydrogens is 311 g/mol. The molecular formula is C14H17FN2O2S2. The second-order valence-electron chi connectivity index (χ2n) is 4.59. The molecule has 2 aromatic rings. The van der Waals surface area contributed by atoms with Gasteiger partial charge in [0.2, 0.25) is 10.0 Å². The van der Waals surface area contributed by atoms with Gasteiger partial charge in [-0.3, -0.25) is 0 Å². The highest BCUT2D eigenvalue weighted by atomic mass is 32.2. The van der Waals surface area contributed by atoms with Gasteiger partial charge in [-0.25, -0.2) is 12.8 Å². The summed E-state index contributed by atoms with van der Waals surface area (Å²) in [6.07, 6.45) is 0. The van der Waals surface area contributed by atoms with E-state index in [0.717, 1.165) is 4.88 Å². The van der Waals surface area contributed by atoms with Crippen LogP contribution in [0.2, 0.25) is 0 Å². The van der Waals surface area contributed by atoms with Crippen LogP contribution >= 0.6 is 11.3 Å². The fourth-order valence-electron chi connectivity index (χ4n) is 1.97. The van der Waals surface area contributed by atoms with E-state index in [2.05, 4.69) is 5.32 Å². The molecule has 0 atom stereocenters. The Bertz CT molecular complexity index is 713. The van der Waals surface area contributed by atoms with Crippen molar-refractivity contribution in [1.29, 1.82) is 0 Å². The highest BCUT2D eigenvalue weighted by Gasteiger charge is 2.25. The Labute approximate surface area is 128 Å². The highest BCUT2D eigenvalue weighted by molar-refractivity contribution is 7.89. The maximum Gasteiger partial charge on any atom is 0.244 e. The first-order valence-corrected chi connectivity index (χ1v) is 8.69. The summed E-state index contributed by atoms with van der Waals surface area (Å²) < 4.78 is 40.0. The Kier molecular flexibility index (Phi) is 5.10. The molecule has 21 heavy (non-hydrogen) atoms. The van der Waals surface area contributed by atoms with Crippen LogP contribution in [0.25, 0.3) is 0 Å². The number of rotatable bonds is 6. The van der Waals surface area contributed by atoms with Gasteiger partial charge >= 0.3 is 0 Å². The molecule has 4 nitrogen and oxygen atoms in total. The zero-order valence-corrected chi connectivity index (χ0v) is 13.5. The zero-order chi connectivity index (χ0) is 15.5. The fraction of sp³-hybridized carbons (Fsp3) is 0.286.